The predicted molar refractivity (Wildman–Crippen MR) is 171 cm³/mol. The lowest BCUT2D eigenvalue weighted by Crippen LogP contribution is -2.59. The Morgan fingerprint density at radius 1 is 1.16 bits per heavy atom. The SMILES string of the molecule is C=CC(=O)N1CCC(n2nc(N3CCC(CN4CC5CC(C4)O5)CC3(C)C)c(-c3c(Cl)c(Cl)cc4[nH]ncc34)c2C)CC1. The molecule has 3 aromatic rings. The minimum Gasteiger partial charge on any atom is -0.372 e. The fraction of sp³-hybridized carbons (Fsp3) is 0.594. The van der Waals surface area contributed by atoms with Gasteiger partial charge in [0, 0.05) is 73.4 Å². The van der Waals surface area contributed by atoms with Crippen molar-refractivity contribution in [2.45, 2.75) is 76.7 Å². The third-order valence-electron chi connectivity index (χ3n) is 10.2. The highest BCUT2D eigenvalue weighted by Gasteiger charge is 2.42. The predicted octanol–water partition coefficient (Wildman–Crippen LogP) is 5.86. The van der Waals surface area contributed by atoms with E-state index in [1.807, 2.05) is 17.2 Å². The fourth-order valence-corrected chi connectivity index (χ4v) is 8.57. The summed E-state index contributed by atoms with van der Waals surface area (Å²) in [6.07, 6.45) is 9.18. The highest BCUT2D eigenvalue weighted by molar-refractivity contribution is 6.45. The van der Waals surface area contributed by atoms with Crippen molar-refractivity contribution < 1.29 is 9.53 Å². The van der Waals surface area contributed by atoms with Crippen molar-refractivity contribution in [2.75, 3.05) is 44.2 Å². The molecule has 5 aliphatic rings. The first-order valence-corrected chi connectivity index (χ1v) is 16.4. The first-order chi connectivity index (χ1) is 20.6. The van der Waals surface area contributed by atoms with Gasteiger partial charge >= 0.3 is 0 Å². The van der Waals surface area contributed by atoms with Crippen LogP contribution in [0.5, 0.6) is 0 Å². The normalized spacial score (nSPS) is 26.1. The number of benzene rings is 1. The molecular weight excluding hydrogens is 585 g/mol. The third-order valence-corrected chi connectivity index (χ3v) is 11.0. The second-order valence-electron chi connectivity index (χ2n) is 13.5. The van der Waals surface area contributed by atoms with Crippen LogP contribution in [0.15, 0.2) is 24.9 Å². The zero-order valence-corrected chi connectivity index (χ0v) is 26.8. The van der Waals surface area contributed by atoms with Gasteiger partial charge in [0.1, 0.15) is 0 Å². The standard InChI is InChI=1S/C32H41Cl2N7O2/c1-5-27(42)39-9-7-21(8-10-39)41-19(2)28(29-24-15-35-36-26(24)13-25(33)30(29)34)31(37-41)40-11-6-20(14-32(40,3)4)16-38-17-22-12-23(18-38)43-22/h5,13,15,20-23H,1,6-12,14,16-18H2,2-4H3,(H,35,36). The minimum absolute atomic E-state index is 0.0104. The second-order valence-corrected chi connectivity index (χ2v) is 14.3. The first kappa shape index (κ1) is 29.1. The molecule has 7 heterocycles. The maximum Gasteiger partial charge on any atom is 0.245 e. The van der Waals surface area contributed by atoms with Crippen LogP contribution in [-0.4, -0.2) is 92.7 Å². The highest BCUT2D eigenvalue weighted by Crippen LogP contribution is 2.48. The number of hydrogen-bond acceptors (Lipinski definition) is 6. The Labute approximate surface area is 263 Å². The van der Waals surface area contributed by atoms with Crippen LogP contribution in [0.25, 0.3) is 22.0 Å². The molecule has 1 aromatic carbocycles. The van der Waals surface area contributed by atoms with E-state index in [1.165, 1.54) is 12.5 Å². The van der Waals surface area contributed by atoms with Crippen LogP contribution < -0.4 is 4.90 Å². The Kier molecular flexibility index (Phi) is 7.51. The van der Waals surface area contributed by atoms with Gasteiger partial charge in [0.25, 0.3) is 0 Å². The van der Waals surface area contributed by atoms with Gasteiger partial charge in [-0.05, 0) is 64.5 Å². The molecule has 8 rings (SSSR count). The van der Waals surface area contributed by atoms with Crippen LogP contribution in [0.1, 0.15) is 57.7 Å². The van der Waals surface area contributed by atoms with Crippen molar-refractivity contribution in [1.82, 2.24) is 29.8 Å². The number of likely N-dealkylation sites (tertiary alicyclic amines) is 1. The summed E-state index contributed by atoms with van der Waals surface area (Å²) in [5, 5.41) is 14.8. The largest absolute Gasteiger partial charge is 0.372 e. The molecule has 0 aliphatic carbocycles. The molecule has 5 fully saturated rings. The van der Waals surface area contributed by atoms with Crippen LogP contribution in [-0.2, 0) is 9.53 Å². The Hall–Kier alpha value is -2.59. The molecule has 1 N–H and O–H groups in total. The Bertz CT molecular complexity index is 1540. The first-order valence-electron chi connectivity index (χ1n) is 15.6. The number of halogens is 2. The number of carbonyl (C=O) groups excluding carboxylic acids is 1. The third kappa shape index (κ3) is 5.16. The van der Waals surface area contributed by atoms with Crippen molar-refractivity contribution in [1.29, 1.82) is 0 Å². The van der Waals surface area contributed by atoms with Gasteiger partial charge in [-0.15, -0.1) is 0 Å². The molecule has 0 spiro atoms. The number of aromatic amines is 1. The number of carbonyl (C=O) groups is 1. The maximum atomic E-state index is 12.3. The van der Waals surface area contributed by atoms with Gasteiger partial charge in [-0.3, -0.25) is 19.5 Å². The van der Waals surface area contributed by atoms with E-state index in [4.69, 9.17) is 33.0 Å². The summed E-state index contributed by atoms with van der Waals surface area (Å²) in [7, 11) is 0. The fourth-order valence-electron chi connectivity index (χ4n) is 8.11. The van der Waals surface area contributed by atoms with Gasteiger partial charge in [0.05, 0.1) is 40.0 Å². The number of rotatable bonds is 6. The molecule has 0 radical (unpaired) electrons. The van der Waals surface area contributed by atoms with Gasteiger partial charge in [-0.25, -0.2) is 0 Å². The molecule has 2 bridgehead atoms. The summed E-state index contributed by atoms with van der Waals surface area (Å²) in [5.74, 6) is 1.56. The molecule has 9 nitrogen and oxygen atoms in total. The molecule has 3 unspecified atom stereocenters. The quantitative estimate of drug-likeness (QED) is 0.346. The zero-order chi connectivity index (χ0) is 30.0. The van der Waals surface area contributed by atoms with Gasteiger partial charge in [0.15, 0.2) is 5.82 Å². The number of hydrogen-bond donors (Lipinski definition) is 1. The van der Waals surface area contributed by atoms with Crippen molar-refractivity contribution in [3.63, 3.8) is 0 Å². The molecule has 5 saturated heterocycles. The van der Waals surface area contributed by atoms with Gasteiger partial charge in [-0.1, -0.05) is 29.8 Å². The van der Waals surface area contributed by atoms with Crippen LogP contribution in [0.3, 0.4) is 0 Å². The molecule has 1 amide bonds. The van der Waals surface area contributed by atoms with Crippen LogP contribution in [0.4, 0.5) is 5.82 Å². The molecule has 230 valence electrons. The zero-order valence-electron chi connectivity index (χ0n) is 25.3. The summed E-state index contributed by atoms with van der Waals surface area (Å²) in [5.41, 5.74) is 3.68. The average molecular weight is 627 g/mol. The van der Waals surface area contributed by atoms with E-state index >= 15 is 0 Å². The number of morpholine rings is 1. The molecular formula is C32H41Cl2N7O2. The van der Waals surface area contributed by atoms with E-state index in [0.717, 1.165) is 85.4 Å². The Balaban J connectivity index is 1.24. The number of amides is 1. The Morgan fingerprint density at radius 3 is 2.56 bits per heavy atom. The van der Waals surface area contributed by atoms with E-state index in [-0.39, 0.29) is 17.5 Å². The lowest BCUT2D eigenvalue weighted by Gasteiger charge is -2.50. The molecule has 3 atom stereocenters. The van der Waals surface area contributed by atoms with Crippen molar-refractivity contribution in [3.8, 4) is 11.1 Å². The summed E-state index contributed by atoms with van der Waals surface area (Å²) in [6.45, 7) is 16.0. The van der Waals surface area contributed by atoms with E-state index in [0.29, 0.717) is 41.3 Å². The number of ether oxygens (including phenoxy) is 1. The number of fused-ring (bicyclic) bond motifs is 3. The molecule has 2 aromatic heterocycles. The number of H-pyrrole nitrogens is 1. The monoisotopic (exact) mass is 625 g/mol. The van der Waals surface area contributed by atoms with E-state index in [2.05, 4.69) is 52.0 Å². The second kappa shape index (κ2) is 11.1. The summed E-state index contributed by atoms with van der Waals surface area (Å²) < 4.78 is 8.07. The van der Waals surface area contributed by atoms with Crippen LogP contribution in [0, 0.1) is 12.8 Å². The molecule has 11 heteroatoms. The van der Waals surface area contributed by atoms with E-state index < -0.39 is 0 Å². The number of anilines is 1. The van der Waals surface area contributed by atoms with Crippen molar-refractivity contribution in [2.24, 2.45) is 5.92 Å². The lowest BCUT2D eigenvalue weighted by atomic mass is 9.81. The van der Waals surface area contributed by atoms with Gasteiger partial charge in [0.2, 0.25) is 5.91 Å². The van der Waals surface area contributed by atoms with Crippen LogP contribution >= 0.6 is 23.2 Å². The average Bonchev–Trinajstić information content (AvgIpc) is 3.56. The van der Waals surface area contributed by atoms with Crippen LogP contribution in [0.2, 0.25) is 10.0 Å². The molecule has 5 aliphatic heterocycles. The summed E-state index contributed by atoms with van der Waals surface area (Å²) in [4.78, 5) is 19.3. The Morgan fingerprint density at radius 2 is 1.88 bits per heavy atom. The van der Waals surface area contributed by atoms with Crippen molar-refractivity contribution in [3.05, 3.63) is 40.7 Å². The van der Waals surface area contributed by atoms with Gasteiger partial charge < -0.3 is 14.5 Å². The summed E-state index contributed by atoms with van der Waals surface area (Å²) in [6, 6.07) is 2.01. The summed E-state index contributed by atoms with van der Waals surface area (Å²) >= 11 is 13.7. The van der Waals surface area contributed by atoms with Gasteiger partial charge in [-0.2, -0.15) is 10.2 Å². The molecule has 43 heavy (non-hydrogen) atoms. The number of nitrogens with zero attached hydrogens (tertiary/aromatic N) is 6. The lowest BCUT2D eigenvalue weighted by molar-refractivity contribution is -0.182. The number of aromatic nitrogens is 4. The van der Waals surface area contributed by atoms with E-state index in [1.54, 1.807) is 0 Å². The van der Waals surface area contributed by atoms with Crippen molar-refractivity contribution >= 4 is 45.8 Å². The highest BCUT2D eigenvalue weighted by atomic mass is 35.5. The smallest absolute Gasteiger partial charge is 0.245 e. The minimum atomic E-state index is -0.112. The number of nitrogens with one attached hydrogen (secondary N) is 1. The maximum absolute atomic E-state index is 12.3. The molecule has 0 saturated carbocycles. The number of piperidine rings is 3. The topological polar surface area (TPSA) is 82.5 Å². The van der Waals surface area contributed by atoms with E-state index in [9.17, 15) is 4.79 Å².